The van der Waals surface area contributed by atoms with Crippen LogP contribution in [0.4, 0.5) is 37.7 Å². The summed E-state index contributed by atoms with van der Waals surface area (Å²) in [6.07, 6.45) is -9.46. The van der Waals surface area contributed by atoms with Crippen molar-refractivity contribution < 1.29 is 34.8 Å². The third-order valence-electron chi connectivity index (χ3n) is 2.09. The Balaban J connectivity index is 2.89. The molecule has 0 saturated carbocycles. The van der Waals surface area contributed by atoms with Gasteiger partial charge in [0.2, 0.25) is 0 Å². The molecule has 4 N–H and O–H groups in total. The van der Waals surface area contributed by atoms with Gasteiger partial charge in [0.05, 0.1) is 16.9 Å². The second-order valence-electron chi connectivity index (χ2n) is 3.84. The minimum absolute atomic E-state index is 0.460. The standard InChI is InChI=1S/C9H9F6N3O2S/c10-8(11,12)4-17-21(19,20)18-7-2-1-5(3-6(7)16)9(13,14)15/h1-3,17-18H,4,16H2. The highest BCUT2D eigenvalue weighted by Gasteiger charge is 2.32. The summed E-state index contributed by atoms with van der Waals surface area (Å²) in [4.78, 5) is 0. The summed E-state index contributed by atoms with van der Waals surface area (Å²) >= 11 is 0. The maximum Gasteiger partial charge on any atom is 0.416 e. The van der Waals surface area contributed by atoms with E-state index in [0.29, 0.717) is 18.2 Å². The fourth-order valence-electron chi connectivity index (χ4n) is 1.19. The van der Waals surface area contributed by atoms with E-state index in [4.69, 9.17) is 5.73 Å². The number of alkyl halides is 6. The van der Waals surface area contributed by atoms with E-state index in [0.717, 1.165) is 0 Å². The number of benzene rings is 1. The molecule has 0 saturated heterocycles. The number of nitrogens with one attached hydrogen (secondary N) is 2. The molecule has 0 heterocycles. The molecule has 21 heavy (non-hydrogen) atoms. The van der Waals surface area contributed by atoms with Crippen molar-refractivity contribution in [2.75, 3.05) is 17.0 Å². The predicted molar refractivity (Wildman–Crippen MR) is 62.5 cm³/mol. The van der Waals surface area contributed by atoms with Crippen LogP contribution >= 0.6 is 0 Å². The summed E-state index contributed by atoms with van der Waals surface area (Å²) in [7, 11) is -4.62. The highest BCUT2D eigenvalue weighted by molar-refractivity contribution is 7.90. The summed E-state index contributed by atoms with van der Waals surface area (Å²) in [5, 5.41) is 0. The molecule has 120 valence electrons. The van der Waals surface area contributed by atoms with Crippen molar-refractivity contribution in [2.24, 2.45) is 0 Å². The van der Waals surface area contributed by atoms with Crippen molar-refractivity contribution in [1.82, 2.24) is 4.72 Å². The van der Waals surface area contributed by atoms with E-state index in [1.807, 2.05) is 0 Å². The number of hydrogen-bond donors (Lipinski definition) is 3. The Morgan fingerprint density at radius 1 is 1.10 bits per heavy atom. The van der Waals surface area contributed by atoms with Gasteiger partial charge in [-0.05, 0) is 18.2 Å². The van der Waals surface area contributed by atoms with Gasteiger partial charge in [-0.15, -0.1) is 0 Å². The van der Waals surface area contributed by atoms with Crippen LogP contribution in [0.2, 0.25) is 0 Å². The van der Waals surface area contributed by atoms with Crippen LogP contribution in [-0.4, -0.2) is 21.1 Å². The molecule has 0 fully saturated rings. The average Bonchev–Trinajstić information content (AvgIpc) is 2.27. The molecule has 0 atom stereocenters. The van der Waals surface area contributed by atoms with Gasteiger partial charge in [-0.3, -0.25) is 4.72 Å². The number of nitrogens with two attached hydrogens (primary N) is 1. The minimum atomic E-state index is -4.78. The molecule has 0 aliphatic heterocycles. The van der Waals surface area contributed by atoms with Crippen LogP contribution in [0.5, 0.6) is 0 Å². The fraction of sp³-hybridized carbons (Fsp3) is 0.333. The molecule has 0 aliphatic rings. The molecular weight excluding hydrogens is 328 g/mol. The molecule has 0 aromatic heterocycles. The topological polar surface area (TPSA) is 84.2 Å². The Hall–Kier alpha value is -1.69. The molecule has 0 aliphatic carbocycles. The zero-order valence-electron chi connectivity index (χ0n) is 10.0. The van der Waals surface area contributed by atoms with Crippen molar-refractivity contribution in [3.8, 4) is 0 Å². The third kappa shape index (κ3) is 5.67. The maximum atomic E-state index is 12.4. The van der Waals surface area contributed by atoms with Crippen LogP contribution in [0.1, 0.15) is 5.56 Å². The fourth-order valence-corrected chi connectivity index (χ4v) is 2.09. The summed E-state index contributed by atoms with van der Waals surface area (Å²) in [6, 6.07) is 1.70. The van der Waals surface area contributed by atoms with Crippen LogP contribution in [0.3, 0.4) is 0 Å². The van der Waals surface area contributed by atoms with E-state index in [-0.39, 0.29) is 0 Å². The molecule has 1 aromatic rings. The Morgan fingerprint density at radius 3 is 2.10 bits per heavy atom. The maximum absolute atomic E-state index is 12.4. The first-order chi connectivity index (χ1) is 9.30. The first-order valence-corrected chi connectivity index (χ1v) is 6.59. The van der Waals surface area contributed by atoms with Crippen molar-refractivity contribution in [1.29, 1.82) is 0 Å². The highest BCUT2D eigenvalue weighted by Crippen LogP contribution is 2.33. The first-order valence-electron chi connectivity index (χ1n) is 5.11. The Bertz CT molecular complexity index is 611. The summed E-state index contributed by atoms with van der Waals surface area (Å²) < 4.78 is 98.1. The Labute approximate surface area is 115 Å². The van der Waals surface area contributed by atoms with Gasteiger partial charge in [-0.2, -0.15) is 39.5 Å². The second kappa shape index (κ2) is 5.60. The first kappa shape index (κ1) is 17.4. The SMILES string of the molecule is Nc1cc(C(F)(F)F)ccc1NS(=O)(=O)NCC(F)(F)F. The lowest BCUT2D eigenvalue weighted by atomic mass is 10.2. The van der Waals surface area contributed by atoms with Crippen molar-refractivity contribution in [3.63, 3.8) is 0 Å². The smallest absolute Gasteiger partial charge is 0.397 e. The molecule has 0 radical (unpaired) electrons. The van der Waals surface area contributed by atoms with Crippen molar-refractivity contribution in [3.05, 3.63) is 23.8 Å². The molecular formula is C9H9F6N3O2S. The van der Waals surface area contributed by atoms with E-state index in [9.17, 15) is 34.8 Å². The van der Waals surface area contributed by atoms with E-state index in [2.05, 4.69) is 0 Å². The second-order valence-corrected chi connectivity index (χ2v) is 5.34. The normalized spacial score (nSPS) is 13.2. The highest BCUT2D eigenvalue weighted by atomic mass is 32.2. The average molecular weight is 337 g/mol. The van der Waals surface area contributed by atoms with Crippen LogP contribution in [0.25, 0.3) is 0 Å². The van der Waals surface area contributed by atoms with Crippen LogP contribution in [-0.2, 0) is 16.4 Å². The number of hydrogen-bond acceptors (Lipinski definition) is 3. The minimum Gasteiger partial charge on any atom is -0.397 e. The number of nitrogen functional groups attached to an aromatic ring is 1. The van der Waals surface area contributed by atoms with E-state index < -0.39 is 46.0 Å². The number of anilines is 2. The molecule has 12 heteroatoms. The lowest BCUT2D eigenvalue weighted by molar-refractivity contribution is -0.137. The van der Waals surface area contributed by atoms with Gasteiger partial charge in [0.15, 0.2) is 0 Å². The van der Waals surface area contributed by atoms with Gasteiger partial charge >= 0.3 is 12.4 Å². The van der Waals surface area contributed by atoms with Crippen LogP contribution in [0, 0.1) is 0 Å². The van der Waals surface area contributed by atoms with Gasteiger partial charge in [0, 0.05) is 0 Å². The Kier molecular flexibility index (Phi) is 4.63. The Morgan fingerprint density at radius 2 is 1.67 bits per heavy atom. The molecule has 0 bridgehead atoms. The summed E-state index contributed by atoms with van der Waals surface area (Å²) in [5.74, 6) is 0. The lowest BCUT2D eigenvalue weighted by Gasteiger charge is -2.14. The van der Waals surface area contributed by atoms with Gasteiger partial charge in [0.1, 0.15) is 6.54 Å². The predicted octanol–water partition coefficient (Wildman–Crippen LogP) is 2.10. The van der Waals surface area contributed by atoms with Gasteiger partial charge < -0.3 is 5.73 Å². The summed E-state index contributed by atoms with van der Waals surface area (Å²) in [6.45, 7) is -1.83. The van der Waals surface area contributed by atoms with Gasteiger partial charge in [-0.25, -0.2) is 0 Å². The van der Waals surface area contributed by atoms with Gasteiger partial charge in [0.25, 0.3) is 10.2 Å². The van der Waals surface area contributed by atoms with E-state index >= 15 is 0 Å². The van der Waals surface area contributed by atoms with Crippen LogP contribution < -0.4 is 15.2 Å². The van der Waals surface area contributed by atoms with Crippen LogP contribution in [0.15, 0.2) is 18.2 Å². The molecule has 1 aromatic carbocycles. The van der Waals surface area contributed by atoms with E-state index in [1.54, 1.807) is 4.72 Å². The quantitative estimate of drug-likeness (QED) is 0.581. The monoisotopic (exact) mass is 337 g/mol. The summed E-state index contributed by atoms with van der Waals surface area (Å²) in [5.41, 5.74) is 3.06. The number of rotatable bonds is 4. The molecule has 0 amide bonds. The van der Waals surface area contributed by atoms with Gasteiger partial charge in [-0.1, -0.05) is 0 Å². The molecule has 1 rings (SSSR count). The third-order valence-corrected chi connectivity index (χ3v) is 3.10. The van der Waals surface area contributed by atoms with Crippen molar-refractivity contribution in [2.45, 2.75) is 12.4 Å². The number of halogens is 6. The molecule has 0 spiro atoms. The lowest BCUT2D eigenvalue weighted by Crippen LogP contribution is -2.37. The van der Waals surface area contributed by atoms with E-state index in [1.165, 1.54) is 4.72 Å². The largest absolute Gasteiger partial charge is 0.416 e. The molecule has 5 nitrogen and oxygen atoms in total. The van der Waals surface area contributed by atoms with Crippen molar-refractivity contribution >= 4 is 21.6 Å². The zero-order valence-corrected chi connectivity index (χ0v) is 10.8. The molecule has 0 unspecified atom stereocenters. The zero-order chi connectivity index (χ0) is 16.5.